The normalized spacial score (nSPS) is 20.3. The van der Waals surface area contributed by atoms with E-state index in [1.165, 1.54) is 11.3 Å². The summed E-state index contributed by atoms with van der Waals surface area (Å²) in [6.07, 6.45) is 0.110. The molecule has 1 aliphatic heterocycles. The van der Waals surface area contributed by atoms with Gasteiger partial charge in [0.1, 0.15) is 0 Å². The lowest BCUT2D eigenvalue weighted by molar-refractivity contribution is -0.0586. The van der Waals surface area contributed by atoms with Crippen molar-refractivity contribution in [2.24, 2.45) is 0 Å². The lowest BCUT2D eigenvalue weighted by Crippen LogP contribution is -2.48. The Hall–Kier alpha value is -2.18. The van der Waals surface area contributed by atoms with Gasteiger partial charge in [-0.2, -0.15) is 0 Å². The molecule has 1 saturated heterocycles. The second-order valence-corrected chi connectivity index (χ2v) is 7.27. The van der Waals surface area contributed by atoms with Crippen molar-refractivity contribution in [3.8, 4) is 0 Å². The molecular weight excluding hydrogens is 336 g/mol. The number of rotatable bonds is 4. The van der Waals surface area contributed by atoms with Gasteiger partial charge in [-0.15, -0.1) is 11.3 Å². The summed E-state index contributed by atoms with van der Waals surface area (Å²) in [5.41, 5.74) is 1.62. The van der Waals surface area contributed by atoms with Gasteiger partial charge in [0, 0.05) is 25.2 Å². The highest BCUT2D eigenvalue weighted by molar-refractivity contribution is 7.12. The molecule has 25 heavy (non-hydrogen) atoms. The third-order valence-electron chi connectivity index (χ3n) is 4.11. The van der Waals surface area contributed by atoms with E-state index in [-0.39, 0.29) is 24.0 Å². The molecule has 6 heteroatoms. The van der Waals surface area contributed by atoms with E-state index in [1.54, 1.807) is 6.07 Å². The predicted molar refractivity (Wildman–Crippen MR) is 97.8 cm³/mol. The Kier molecular flexibility index (Phi) is 5.50. The molecule has 2 amide bonds. The smallest absolute Gasteiger partial charge is 0.261 e. The number of amides is 2. The van der Waals surface area contributed by atoms with Crippen LogP contribution in [0, 0.1) is 0 Å². The Balaban J connectivity index is 1.58. The Morgan fingerprint density at radius 2 is 1.84 bits per heavy atom. The number of nitrogens with one attached hydrogen (secondary N) is 1. The third-order valence-corrected chi connectivity index (χ3v) is 4.97. The van der Waals surface area contributed by atoms with Crippen LogP contribution in [0.4, 0.5) is 0 Å². The molecule has 132 valence electrons. The molecule has 0 saturated carbocycles. The number of thiophene rings is 1. The van der Waals surface area contributed by atoms with Gasteiger partial charge in [0.25, 0.3) is 11.8 Å². The Morgan fingerprint density at radius 1 is 1.16 bits per heavy atom. The topological polar surface area (TPSA) is 58.6 Å². The summed E-state index contributed by atoms with van der Waals surface area (Å²) in [7, 11) is 0. The number of ether oxygens (including phenoxy) is 1. The summed E-state index contributed by atoms with van der Waals surface area (Å²) < 4.78 is 5.67. The van der Waals surface area contributed by atoms with E-state index in [1.807, 2.05) is 54.5 Å². The first-order chi connectivity index (χ1) is 12.0. The number of nitrogens with zero attached hydrogens (tertiary/aromatic N) is 1. The van der Waals surface area contributed by atoms with Crippen molar-refractivity contribution in [2.45, 2.75) is 32.6 Å². The molecule has 0 radical (unpaired) electrons. The van der Waals surface area contributed by atoms with Gasteiger partial charge in [-0.3, -0.25) is 9.59 Å². The highest BCUT2D eigenvalue weighted by Crippen LogP contribution is 2.15. The molecule has 2 aromatic rings. The van der Waals surface area contributed by atoms with Crippen LogP contribution in [0.2, 0.25) is 0 Å². The Labute approximate surface area is 151 Å². The molecule has 3 rings (SSSR count). The minimum Gasteiger partial charge on any atom is -0.372 e. The molecular formula is C19H22N2O3S. The zero-order chi connectivity index (χ0) is 17.8. The van der Waals surface area contributed by atoms with Crippen LogP contribution in [0.3, 0.4) is 0 Å². The molecule has 1 aromatic heterocycles. The number of carbonyl (C=O) groups excluding carboxylic acids is 2. The van der Waals surface area contributed by atoms with Gasteiger partial charge >= 0.3 is 0 Å². The average molecular weight is 358 g/mol. The van der Waals surface area contributed by atoms with Crippen molar-refractivity contribution in [1.82, 2.24) is 10.2 Å². The van der Waals surface area contributed by atoms with E-state index in [2.05, 4.69) is 5.32 Å². The van der Waals surface area contributed by atoms with Gasteiger partial charge in [-0.25, -0.2) is 0 Å². The zero-order valence-corrected chi connectivity index (χ0v) is 15.2. The van der Waals surface area contributed by atoms with E-state index < -0.39 is 0 Å². The maximum Gasteiger partial charge on any atom is 0.261 e. The summed E-state index contributed by atoms with van der Waals surface area (Å²) in [6, 6.07) is 11.1. The van der Waals surface area contributed by atoms with Crippen LogP contribution in [0.5, 0.6) is 0 Å². The van der Waals surface area contributed by atoms with Crippen LogP contribution >= 0.6 is 11.3 Å². The quantitative estimate of drug-likeness (QED) is 0.914. The van der Waals surface area contributed by atoms with Crippen LogP contribution in [0.15, 0.2) is 41.8 Å². The summed E-state index contributed by atoms with van der Waals surface area (Å²) in [5.74, 6) is -0.0531. The lowest BCUT2D eigenvalue weighted by atomic mass is 10.1. The summed E-state index contributed by atoms with van der Waals surface area (Å²) in [4.78, 5) is 27.1. The molecule has 0 spiro atoms. The monoisotopic (exact) mass is 358 g/mol. The number of morpholine rings is 1. The van der Waals surface area contributed by atoms with E-state index >= 15 is 0 Å². The first-order valence-corrected chi connectivity index (χ1v) is 9.26. The SMILES string of the molecule is C[C@@H]1CN(C(=O)c2ccc(CNC(=O)c3cccs3)cc2)C[C@H](C)O1. The van der Waals surface area contributed by atoms with E-state index in [0.29, 0.717) is 30.1 Å². The van der Waals surface area contributed by atoms with E-state index in [9.17, 15) is 9.59 Å². The molecule has 1 aromatic carbocycles. The van der Waals surface area contributed by atoms with Gasteiger partial charge in [0.05, 0.1) is 17.1 Å². The lowest BCUT2D eigenvalue weighted by Gasteiger charge is -2.35. The molecule has 1 fully saturated rings. The fourth-order valence-electron chi connectivity index (χ4n) is 2.97. The van der Waals surface area contributed by atoms with Crippen molar-refractivity contribution in [2.75, 3.05) is 13.1 Å². The highest BCUT2D eigenvalue weighted by Gasteiger charge is 2.26. The Bertz CT molecular complexity index is 718. The molecule has 1 N–H and O–H groups in total. The zero-order valence-electron chi connectivity index (χ0n) is 14.4. The maximum absolute atomic E-state index is 12.6. The van der Waals surface area contributed by atoms with E-state index in [0.717, 1.165) is 5.56 Å². The van der Waals surface area contributed by atoms with Crippen molar-refractivity contribution < 1.29 is 14.3 Å². The first kappa shape index (κ1) is 17.6. The molecule has 1 aliphatic rings. The minimum absolute atomic E-state index is 0.0242. The van der Waals surface area contributed by atoms with E-state index in [4.69, 9.17) is 4.74 Å². The standard InChI is InChI=1S/C19H22N2O3S/c1-13-11-21(12-14(2)24-13)19(23)16-7-5-15(6-8-16)10-20-18(22)17-4-3-9-25-17/h3-9,13-14H,10-12H2,1-2H3,(H,20,22)/t13-,14+. The van der Waals surface area contributed by atoms with Gasteiger partial charge in [-0.05, 0) is 43.0 Å². The number of hydrogen-bond acceptors (Lipinski definition) is 4. The van der Waals surface area contributed by atoms with Gasteiger partial charge in [0.15, 0.2) is 0 Å². The number of hydrogen-bond donors (Lipinski definition) is 1. The third kappa shape index (κ3) is 4.46. The largest absolute Gasteiger partial charge is 0.372 e. The second-order valence-electron chi connectivity index (χ2n) is 6.32. The number of benzene rings is 1. The van der Waals surface area contributed by atoms with Crippen molar-refractivity contribution in [1.29, 1.82) is 0 Å². The van der Waals surface area contributed by atoms with Gasteiger partial charge in [-0.1, -0.05) is 18.2 Å². The fourth-order valence-corrected chi connectivity index (χ4v) is 3.61. The molecule has 5 nitrogen and oxygen atoms in total. The summed E-state index contributed by atoms with van der Waals surface area (Å²) >= 11 is 1.42. The molecule has 2 heterocycles. The molecule has 0 aliphatic carbocycles. The van der Waals surface area contributed by atoms with Crippen LogP contribution in [-0.4, -0.2) is 42.0 Å². The fraction of sp³-hybridized carbons (Fsp3) is 0.368. The van der Waals surface area contributed by atoms with Crippen LogP contribution < -0.4 is 5.32 Å². The van der Waals surface area contributed by atoms with Crippen LogP contribution in [-0.2, 0) is 11.3 Å². The molecule has 2 atom stereocenters. The second kappa shape index (κ2) is 7.80. The first-order valence-electron chi connectivity index (χ1n) is 8.38. The maximum atomic E-state index is 12.6. The van der Waals surface area contributed by atoms with Crippen LogP contribution in [0.1, 0.15) is 39.4 Å². The van der Waals surface area contributed by atoms with Crippen LogP contribution in [0.25, 0.3) is 0 Å². The van der Waals surface area contributed by atoms with Gasteiger partial charge in [0.2, 0.25) is 0 Å². The van der Waals surface area contributed by atoms with Crippen molar-refractivity contribution in [3.63, 3.8) is 0 Å². The summed E-state index contributed by atoms with van der Waals surface area (Å²) in [6.45, 7) is 5.63. The highest BCUT2D eigenvalue weighted by atomic mass is 32.1. The van der Waals surface area contributed by atoms with Crippen molar-refractivity contribution in [3.05, 3.63) is 57.8 Å². The minimum atomic E-state index is -0.0774. The molecule has 0 unspecified atom stereocenters. The average Bonchev–Trinajstić information content (AvgIpc) is 3.13. The molecule has 0 bridgehead atoms. The Morgan fingerprint density at radius 3 is 2.44 bits per heavy atom. The predicted octanol–water partition coefficient (Wildman–Crippen LogP) is 2.93. The van der Waals surface area contributed by atoms with Crippen molar-refractivity contribution >= 4 is 23.2 Å². The summed E-state index contributed by atoms with van der Waals surface area (Å²) in [5, 5.41) is 4.76. The van der Waals surface area contributed by atoms with Gasteiger partial charge < -0.3 is 15.0 Å². The number of carbonyl (C=O) groups is 2.